The van der Waals surface area contributed by atoms with E-state index in [-0.39, 0.29) is 6.04 Å². The molecule has 0 aliphatic heterocycles. The van der Waals surface area contributed by atoms with Crippen molar-refractivity contribution in [1.29, 1.82) is 0 Å². The van der Waals surface area contributed by atoms with Gasteiger partial charge in [-0.05, 0) is 19.1 Å². The van der Waals surface area contributed by atoms with Gasteiger partial charge in [0.05, 0.1) is 18.3 Å². The number of rotatable bonds is 4. The molecule has 1 unspecified atom stereocenters. The number of nitrogens with zero attached hydrogens (tertiary/aromatic N) is 1. The normalized spacial score (nSPS) is 12.8. The van der Waals surface area contributed by atoms with Crippen molar-refractivity contribution in [1.82, 2.24) is 4.98 Å². The van der Waals surface area contributed by atoms with Crippen molar-refractivity contribution < 1.29 is 4.74 Å². The molecule has 0 spiro atoms. The summed E-state index contributed by atoms with van der Waals surface area (Å²) in [6.07, 6.45) is 1.74. The van der Waals surface area contributed by atoms with Crippen LogP contribution in [-0.2, 0) is 4.74 Å². The predicted molar refractivity (Wildman–Crippen MR) is 47.7 cm³/mol. The van der Waals surface area contributed by atoms with Crippen LogP contribution in [0, 0.1) is 0 Å². The first kappa shape index (κ1) is 9.16. The zero-order chi connectivity index (χ0) is 8.81. The van der Waals surface area contributed by atoms with Crippen LogP contribution in [0.25, 0.3) is 0 Å². The minimum atomic E-state index is -0.105. The Bertz CT molecular complexity index is 213. The Kier molecular flexibility index (Phi) is 3.70. The molecule has 66 valence electrons. The van der Waals surface area contributed by atoms with Gasteiger partial charge < -0.3 is 10.5 Å². The van der Waals surface area contributed by atoms with Gasteiger partial charge >= 0.3 is 0 Å². The molecule has 0 amide bonds. The summed E-state index contributed by atoms with van der Waals surface area (Å²) in [4.78, 5) is 4.13. The Morgan fingerprint density at radius 3 is 3.00 bits per heavy atom. The lowest BCUT2D eigenvalue weighted by molar-refractivity contribution is 0.132. The van der Waals surface area contributed by atoms with Crippen molar-refractivity contribution in [3.63, 3.8) is 0 Å². The van der Waals surface area contributed by atoms with Gasteiger partial charge in [-0.2, -0.15) is 0 Å². The van der Waals surface area contributed by atoms with Crippen molar-refractivity contribution in [2.75, 3.05) is 13.2 Å². The van der Waals surface area contributed by atoms with E-state index in [1.807, 2.05) is 25.1 Å². The van der Waals surface area contributed by atoms with E-state index in [9.17, 15) is 0 Å². The van der Waals surface area contributed by atoms with Crippen LogP contribution in [0.15, 0.2) is 24.4 Å². The van der Waals surface area contributed by atoms with Gasteiger partial charge in [-0.25, -0.2) is 0 Å². The maximum Gasteiger partial charge on any atom is 0.0707 e. The number of ether oxygens (including phenoxy) is 1. The number of aromatic nitrogens is 1. The minimum absolute atomic E-state index is 0.105. The molecule has 0 aromatic carbocycles. The Hall–Kier alpha value is -0.930. The average Bonchev–Trinajstić information content (AvgIpc) is 2.15. The second-order valence-corrected chi connectivity index (χ2v) is 2.52. The SMILES string of the molecule is CCOCC(N)c1ccccn1. The summed E-state index contributed by atoms with van der Waals surface area (Å²) >= 11 is 0. The monoisotopic (exact) mass is 166 g/mol. The molecule has 1 heterocycles. The van der Waals surface area contributed by atoms with Gasteiger partial charge in [0.1, 0.15) is 0 Å². The van der Waals surface area contributed by atoms with Gasteiger partial charge in [0.15, 0.2) is 0 Å². The van der Waals surface area contributed by atoms with E-state index in [4.69, 9.17) is 10.5 Å². The van der Waals surface area contributed by atoms with Crippen LogP contribution in [0.5, 0.6) is 0 Å². The summed E-state index contributed by atoms with van der Waals surface area (Å²) in [7, 11) is 0. The Labute approximate surface area is 72.6 Å². The molecule has 3 nitrogen and oxygen atoms in total. The minimum Gasteiger partial charge on any atom is -0.380 e. The van der Waals surface area contributed by atoms with Crippen LogP contribution in [0.3, 0.4) is 0 Å². The first-order valence-corrected chi connectivity index (χ1v) is 4.09. The zero-order valence-electron chi connectivity index (χ0n) is 7.23. The maximum absolute atomic E-state index is 5.79. The topological polar surface area (TPSA) is 48.1 Å². The highest BCUT2D eigenvalue weighted by Gasteiger charge is 2.05. The Morgan fingerprint density at radius 2 is 2.42 bits per heavy atom. The smallest absolute Gasteiger partial charge is 0.0707 e. The molecule has 3 heteroatoms. The molecule has 0 aliphatic carbocycles. The first-order valence-electron chi connectivity index (χ1n) is 4.09. The van der Waals surface area contributed by atoms with Crippen LogP contribution >= 0.6 is 0 Å². The van der Waals surface area contributed by atoms with E-state index < -0.39 is 0 Å². The standard InChI is InChI=1S/C9H14N2O/c1-2-12-7-8(10)9-5-3-4-6-11-9/h3-6,8H,2,7,10H2,1H3. The van der Waals surface area contributed by atoms with Crippen molar-refractivity contribution in [3.8, 4) is 0 Å². The number of pyridine rings is 1. The average molecular weight is 166 g/mol. The van der Waals surface area contributed by atoms with Crippen molar-refractivity contribution in [2.45, 2.75) is 13.0 Å². The van der Waals surface area contributed by atoms with Gasteiger partial charge in [-0.1, -0.05) is 6.07 Å². The Morgan fingerprint density at radius 1 is 1.58 bits per heavy atom. The van der Waals surface area contributed by atoms with Gasteiger partial charge in [0.25, 0.3) is 0 Å². The lowest BCUT2D eigenvalue weighted by Crippen LogP contribution is -2.18. The molecule has 0 fully saturated rings. The second-order valence-electron chi connectivity index (χ2n) is 2.52. The summed E-state index contributed by atoms with van der Waals surface area (Å²) in [5, 5.41) is 0. The quantitative estimate of drug-likeness (QED) is 0.729. The van der Waals surface area contributed by atoms with Crippen molar-refractivity contribution in [2.24, 2.45) is 5.73 Å². The lowest BCUT2D eigenvalue weighted by atomic mass is 10.2. The van der Waals surface area contributed by atoms with E-state index >= 15 is 0 Å². The highest BCUT2D eigenvalue weighted by atomic mass is 16.5. The third-order valence-electron chi connectivity index (χ3n) is 1.57. The number of hydrogen-bond donors (Lipinski definition) is 1. The molecule has 1 rings (SSSR count). The second kappa shape index (κ2) is 4.85. The van der Waals surface area contributed by atoms with Gasteiger partial charge in [-0.3, -0.25) is 4.98 Å². The summed E-state index contributed by atoms with van der Waals surface area (Å²) < 4.78 is 5.18. The van der Waals surface area contributed by atoms with Crippen LogP contribution in [0.1, 0.15) is 18.7 Å². The number of hydrogen-bond acceptors (Lipinski definition) is 3. The molecule has 0 radical (unpaired) electrons. The van der Waals surface area contributed by atoms with E-state index in [1.54, 1.807) is 6.20 Å². The molecule has 12 heavy (non-hydrogen) atoms. The molecule has 1 aromatic heterocycles. The highest BCUT2D eigenvalue weighted by Crippen LogP contribution is 2.05. The molecule has 1 atom stereocenters. The third-order valence-corrected chi connectivity index (χ3v) is 1.57. The summed E-state index contributed by atoms with van der Waals surface area (Å²) in [5.41, 5.74) is 6.67. The molecule has 0 saturated heterocycles. The van der Waals surface area contributed by atoms with Crippen LogP contribution in [0.2, 0.25) is 0 Å². The van der Waals surface area contributed by atoms with Crippen molar-refractivity contribution in [3.05, 3.63) is 30.1 Å². The lowest BCUT2D eigenvalue weighted by Gasteiger charge is -2.09. The largest absolute Gasteiger partial charge is 0.380 e. The van der Waals surface area contributed by atoms with Crippen LogP contribution in [-0.4, -0.2) is 18.2 Å². The molecule has 0 saturated carbocycles. The number of nitrogens with two attached hydrogens (primary N) is 1. The fourth-order valence-corrected chi connectivity index (χ4v) is 0.926. The molecule has 0 aliphatic rings. The third kappa shape index (κ3) is 2.60. The van der Waals surface area contributed by atoms with Gasteiger partial charge in [-0.15, -0.1) is 0 Å². The van der Waals surface area contributed by atoms with Gasteiger partial charge in [0.2, 0.25) is 0 Å². The molecular weight excluding hydrogens is 152 g/mol. The first-order chi connectivity index (χ1) is 5.84. The fourth-order valence-electron chi connectivity index (χ4n) is 0.926. The van der Waals surface area contributed by atoms with E-state index in [0.717, 1.165) is 5.69 Å². The molecule has 1 aromatic rings. The fraction of sp³-hybridized carbons (Fsp3) is 0.444. The van der Waals surface area contributed by atoms with E-state index in [2.05, 4.69) is 4.98 Å². The summed E-state index contributed by atoms with van der Waals surface area (Å²) in [5.74, 6) is 0. The van der Waals surface area contributed by atoms with E-state index in [0.29, 0.717) is 13.2 Å². The van der Waals surface area contributed by atoms with E-state index in [1.165, 1.54) is 0 Å². The predicted octanol–water partition coefficient (Wildman–Crippen LogP) is 1.12. The summed E-state index contributed by atoms with van der Waals surface area (Å²) in [6.45, 7) is 3.18. The van der Waals surface area contributed by atoms with Gasteiger partial charge in [0, 0.05) is 12.8 Å². The highest BCUT2D eigenvalue weighted by molar-refractivity contribution is 5.07. The van der Waals surface area contributed by atoms with Crippen LogP contribution in [0.4, 0.5) is 0 Å². The summed E-state index contributed by atoms with van der Waals surface area (Å²) in [6, 6.07) is 5.60. The Balaban J connectivity index is 2.48. The zero-order valence-corrected chi connectivity index (χ0v) is 7.23. The maximum atomic E-state index is 5.79. The molecule has 0 bridgehead atoms. The molecule has 2 N–H and O–H groups in total. The van der Waals surface area contributed by atoms with Crippen LogP contribution < -0.4 is 5.73 Å². The van der Waals surface area contributed by atoms with Crippen molar-refractivity contribution >= 4 is 0 Å². The molecular formula is C9H14N2O.